The Morgan fingerprint density at radius 2 is 1.73 bits per heavy atom. The van der Waals surface area contributed by atoms with E-state index in [0.29, 0.717) is 29.2 Å². The maximum Gasteiger partial charge on any atom is 0.225 e. The molecular weight excluding hydrogens is 392 g/mol. The number of ketones is 1. The summed E-state index contributed by atoms with van der Waals surface area (Å²) in [6, 6.07) is 9.29. The molecule has 0 saturated heterocycles. The van der Waals surface area contributed by atoms with Crippen LogP contribution >= 0.6 is 0 Å². The van der Waals surface area contributed by atoms with Crippen LogP contribution in [0.15, 0.2) is 47.7 Å². The molecule has 0 bridgehead atoms. The molecule has 0 saturated carbocycles. The van der Waals surface area contributed by atoms with Crippen molar-refractivity contribution in [3.8, 4) is 11.5 Å². The first kappa shape index (κ1) is 20.1. The number of amides is 1. The third-order valence-corrected chi connectivity index (χ3v) is 5.77. The molecule has 2 aliphatic rings. The number of halogens is 2. The summed E-state index contributed by atoms with van der Waals surface area (Å²) >= 11 is 0. The third-order valence-electron chi connectivity index (χ3n) is 5.77. The molecule has 0 aromatic heterocycles. The van der Waals surface area contributed by atoms with E-state index in [1.807, 2.05) is 12.1 Å². The van der Waals surface area contributed by atoms with Gasteiger partial charge in [-0.1, -0.05) is 18.2 Å². The lowest BCUT2D eigenvalue weighted by Crippen LogP contribution is -2.38. The van der Waals surface area contributed by atoms with Crippen molar-refractivity contribution in [2.24, 2.45) is 0 Å². The van der Waals surface area contributed by atoms with E-state index in [9.17, 15) is 18.4 Å². The van der Waals surface area contributed by atoms with Gasteiger partial charge in [0.1, 0.15) is 0 Å². The largest absolute Gasteiger partial charge is 0.493 e. The molecule has 0 fully saturated rings. The van der Waals surface area contributed by atoms with Gasteiger partial charge in [-0.15, -0.1) is 0 Å². The lowest BCUT2D eigenvalue weighted by Gasteiger charge is -2.34. The molecule has 30 heavy (non-hydrogen) atoms. The van der Waals surface area contributed by atoms with Gasteiger partial charge in [-0.2, -0.15) is 0 Å². The van der Waals surface area contributed by atoms with Crippen molar-refractivity contribution in [1.82, 2.24) is 5.32 Å². The second kappa shape index (κ2) is 7.89. The zero-order valence-corrected chi connectivity index (χ0v) is 16.6. The summed E-state index contributed by atoms with van der Waals surface area (Å²) in [7, 11) is 3.08. The molecule has 2 aromatic rings. The Bertz CT molecular complexity index is 1060. The highest BCUT2D eigenvalue weighted by Gasteiger charge is 2.39. The van der Waals surface area contributed by atoms with Gasteiger partial charge < -0.3 is 14.8 Å². The third kappa shape index (κ3) is 3.44. The van der Waals surface area contributed by atoms with E-state index < -0.39 is 17.6 Å². The average molecular weight is 413 g/mol. The number of Topliss-reactive ketones (excluding diaryl/α,β-unsaturated/α-hetero) is 1. The van der Waals surface area contributed by atoms with Crippen LogP contribution in [-0.2, 0) is 9.59 Å². The maximum absolute atomic E-state index is 14.4. The number of hydrogen-bond acceptors (Lipinski definition) is 4. The van der Waals surface area contributed by atoms with Gasteiger partial charge in [0.05, 0.1) is 14.2 Å². The minimum Gasteiger partial charge on any atom is -0.493 e. The van der Waals surface area contributed by atoms with Crippen LogP contribution in [-0.4, -0.2) is 25.9 Å². The topological polar surface area (TPSA) is 64.6 Å². The van der Waals surface area contributed by atoms with Gasteiger partial charge in [-0.05, 0) is 41.7 Å². The van der Waals surface area contributed by atoms with E-state index in [0.717, 1.165) is 11.6 Å². The smallest absolute Gasteiger partial charge is 0.225 e. The number of carbonyl (C=O) groups is 2. The number of allylic oxidation sites excluding steroid dienone is 2. The van der Waals surface area contributed by atoms with E-state index in [-0.39, 0.29) is 36.0 Å². The average Bonchev–Trinajstić information content (AvgIpc) is 2.74. The van der Waals surface area contributed by atoms with Crippen molar-refractivity contribution < 1.29 is 27.8 Å². The van der Waals surface area contributed by atoms with Crippen molar-refractivity contribution in [3.05, 3.63) is 70.4 Å². The van der Waals surface area contributed by atoms with Crippen LogP contribution in [0.4, 0.5) is 8.78 Å². The monoisotopic (exact) mass is 413 g/mol. The molecule has 1 aliphatic carbocycles. The standard InChI is InChI=1S/C23H21F2NO4/c1-29-19-7-6-12(10-20(19)30-2)13-8-17-22(18(27)9-13)15(11-21(28)26-17)14-4-3-5-16(24)23(14)25/h3-7,10,13,15H,8-9,11H2,1-2H3,(H,26,28)/t13-,15-/m0/s1. The van der Waals surface area contributed by atoms with E-state index in [4.69, 9.17) is 9.47 Å². The Kier molecular flexibility index (Phi) is 5.28. The summed E-state index contributed by atoms with van der Waals surface area (Å²) in [5, 5.41) is 2.78. The van der Waals surface area contributed by atoms with E-state index in [1.165, 1.54) is 19.2 Å². The lowest BCUT2D eigenvalue weighted by atomic mass is 9.73. The highest BCUT2D eigenvalue weighted by Crippen LogP contribution is 2.44. The summed E-state index contributed by atoms with van der Waals surface area (Å²) < 4.78 is 38.8. The zero-order valence-electron chi connectivity index (χ0n) is 16.6. The normalized spacial score (nSPS) is 21.2. The molecule has 4 rings (SSSR count). The summed E-state index contributed by atoms with van der Waals surface area (Å²) in [5.74, 6) is -2.33. The molecule has 7 heteroatoms. The molecule has 1 aliphatic heterocycles. The quantitative estimate of drug-likeness (QED) is 0.823. The molecule has 1 amide bonds. The fourth-order valence-electron chi connectivity index (χ4n) is 4.36. The number of carbonyl (C=O) groups excluding carboxylic acids is 2. The zero-order chi connectivity index (χ0) is 21.4. The summed E-state index contributed by atoms with van der Waals surface area (Å²) in [6.07, 6.45) is 0.527. The molecule has 156 valence electrons. The second-order valence-electron chi connectivity index (χ2n) is 7.48. The molecule has 0 unspecified atom stereocenters. The van der Waals surface area contributed by atoms with Crippen molar-refractivity contribution in [3.63, 3.8) is 0 Å². The Morgan fingerprint density at radius 1 is 0.967 bits per heavy atom. The fourth-order valence-corrected chi connectivity index (χ4v) is 4.36. The van der Waals surface area contributed by atoms with Gasteiger partial charge in [-0.3, -0.25) is 9.59 Å². The fraction of sp³-hybridized carbons (Fsp3) is 0.304. The summed E-state index contributed by atoms with van der Waals surface area (Å²) in [4.78, 5) is 25.4. The van der Waals surface area contributed by atoms with E-state index in [2.05, 4.69) is 5.32 Å². The van der Waals surface area contributed by atoms with Crippen LogP contribution < -0.4 is 14.8 Å². The van der Waals surface area contributed by atoms with Gasteiger partial charge >= 0.3 is 0 Å². The first-order chi connectivity index (χ1) is 14.4. The molecule has 2 atom stereocenters. The molecule has 5 nitrogen and oxygen atoms in total. The number of rotatable bonds is 4. The first-order valence-electron chi connectivity index (χ1n) is 9.64. The summed E-state index contributed by atoms with van der Waals surface area (Å²) in [5.41, 5.74) is 1.77. The molecule has 1 N–H and O–H groups in total. The molecule has 2 aromatic carbocycles. The predicted octanol–water partition coefficient (Wildman–Crippen LogP) is 3.99. The van der Waals surface area contributed by atoms with Gasteiger partial charge in [-0.25, -0.2) is 8.78 Å². The number of nitrogens with one attached hydrogen (secondary N) is 1. The Hall–Kier alpha value is -3.22. The van der Waals surface area contributed by atoms with Crippen molar-refractivity contribution in [2.75, 3.05) is 14.2 Å². The van der Waals surface area contributed by atoms with Crippen LogP contribution in [0.3, 0.4) is 0 Å². The number of hydrogen-bond donors (Lipinski definition) is 1. The van der Waals surface area contributed by atoms with Crippen LogP contribution in [0.2, 0.25) is 0 Å². The van der Waals surface area contributed by atoms with E-state index in [1.54, 1.807) is 13.2 Å². The lowest BCUT2D eigenvalue weighted by molar-refractivity contribution is -0.122. The Labute approximate surface area is 172 Å². The number of benzene rings is 2. The molecule has 0 spiro atoms. The highest BCUT2D eigenvalue weighted by atomic mass is 19.2. The van der Waals surface area contributed by atoms with Gasteiger partial charge in [0, 0.05) is 30.0 Å². The van der Waals surface area contributed by atoms with Crippen molar-refractivity contribution in [1.29, 1.82) is 0 Å². The first-order valence-corrected chi connectivity index (χ1v) is 9.64. The minimum absolute atomic E-state index is 0.0373. The highest BCUT2D eigenvalue weighted by molar-refractivity contribution is 6.02. The second-order valence-corrected chi connectivity index (χ2v) is 7.48. The van der Waals surface area contributed by atoms with E-state index >= 15 is 0 Å². The summed E-state index contributed by atoms with van der Waals surface area (Å²) in [6.45, 7) is 0. The number of methoxy groups -OCH3 is 2. The SMILES string of the molecule is COc1ccc([C@@H]2CC(=O)C3=C(C2)NC(=O)C[C@H]3c2cccc(F)c2F)cc1OC. The Balaban J connectivity index is 1.72. The van der Waals surface area contributed by atoms with Gasteiger partial charge in [0.2, 0.25) is 5.91 Å². The van der Waals surface area contributed by atoms with Crippen LogP contribution in [0, 0.1) is 11.6 Å². The van der Waals surface area contributed by atoms with Crippen LogP contribution in [0.1, 0.15) is 42.2 Å². The van der Waals surface area contributed by atoms with Gasteiger partial charge in [0.15, 0.2) is 28.9 Å². The molecular formula is C23H21F2NO4. The number of ether oxygens (including phenoxy) is 2. The minimum atomic E-state index is -1.01. The molecule has 1 heterocycles. The van der Waals surface area contributed by atoms with Crippen LogP contribution in [0.5, 0.6) is 11.5 Å². The van der Waals surface area contributed by atoms with Crippen molar-refractivity contribution >= 4 is 11.7 Å². The Morgan fingerprint density at radius 3 is 2.47 bits per heavy atom. The van der Waals surface area contributed by atoms with Crippen LogP contribution in [0.25, 0.3) is 0 Å². The maximum atomic E-state index is 14.4. The molecule has 0 radical (unpaired) electrons. The van der Waals surface area contributed by atoms with Crippen molar-refractivity contribution in [2.45, 2.75) is 31.1 Å². The predicted molar refractivity (Wildman–Crippen MR) is 105 cm³/mol. The van der Waals surface area contributed by atoms with Gasteiger partial charge in [0.25, 0.3) is 0 Å².